The number of thiazole rings is 1. The first-order chi connectivity index (χ1) is 12.7. The highest BCUT2D eigenvalue weighted by atomic mass is 32.1. The number of carbonyl (C=O) groups is 1. The lowest BCUT2D eigenvalue weighted by Gasteiger charge is -2.32. The van der Waals surface area contributed by atoms with E-state index in [-0.39, 0.29) is 11.8 Å². The van der Waals surface area contributed by atoms with Crippen molar-refractivity contribution >= 4 is 27.5 Å². The number of hydrogen-bond donors (Lipinski definition) is 0. The van der Waals surface area contributed by atoms with Crippen molar-refractivity contribution in [1.82, 2.24) is 9.88 Å². The number of aromatic nitrogens is 1. The van der Waals surface area contributed by atoms with Crippen molar-refractivity contribution in [2.24, 2.45) is 0 Å². The van der Waals surface area contributed by atoms with Crippen molar-refractivity contribution in [1.29, 1.82) is 0 Å². The number of amides is 1. The minimum atomic E-state index is 0.256. The van der Waals surface area contributed by atoms with Crippen LogP contribution in [-0.2, 0) is 4.79 Å². The highest BCUT2D eigenvalue weighted by Crippen LogP contribution is 2.33. The van der Waals surface area contributed by atoms with Crippen LogP contribution in [0.1, 0.15) is 48.6 Å². The molecule has 1 amide bonds. The molecular formula is C22H24N2OS. The molecule has 134 valence electrons. The first kappa shape index (κ1) is 17.2. The third kappa shape index (κ3) is 3.65. The van der Waals surface area contributed by atoms with Gasteiger partial charge in [-0.1, -0.05) is 49.4 Å². The third-order valence-corrected chi connectivity index (χ3v) is 6.48. The number of piperidine rings is 1. The maximum atomic E-state index is 12.8. The number of benzene rings is 2. The van der Waals surface area contributed by atoms with Crippen LogP contribution in [-0.4, -0.2) is 28.9 Å². The van der Waals surface area contributed by atoms with Gasteiger partial charge in [0, 0.05) is 25.4 Å². The van der Waals surface area contributed by atoms with Gasteiger partial charge < -0.3 is 4.90 Å². The molecule has 0 saturated carbocycles. The van der Waals surface area contributed by atoms with Gasteiger partial charge in [0.15, 0.2) is 0 Å². The Morgan fingerprint density at radius 1 is 1.19 bits per heavy atom. The predicted octanol–water partition coefficient (Wildman–Crippen LogP) is 5.20. The van der Waals surface area contributed by atoms with Gasteiger partial charge in [0.2, 0.25) is 5.91 Å². The molecule has 1 saturated heterocycles. The van der Waals surface area contributed by atoms with Crippen LogP contribution in [0.2, 0.25) is 0 Å². The Morgan fingerprint density at radius 3 is 2.77 bits per heavy atom. The Kier molecular flexibility index (Phi) is 5.02. The van der Waals surface area contributed by atoms with E-state index in [2.05, 4.69) is 42.2 Å². The second-order valence-corrected chi connectivity index (χ2v) is 8.28. The Bertz CT molecular complexity index is 856. The molecule has 3 aromatic rings. The highest BCUT2D eigenvalue weighted by Gasteiger charge is 2.27. The van der Waals surface area contributed by atoms with Gasteiger partial charge in [0.05, 0.1) is 15.2 Å². The van der Waals surface area contributed by atoms with Gasteiger partial charge in [0.25, 0.3) is 0 Å². The number of rotatable bonds is 4. The van der Waals surface area contributed by atoms with Crippen molar-refractivity contribution in [3.05, 3.63) is 65.2 Å². The summed E-state index contributed by atoms with van der Waals surface area (Å²) in [5.41, 5.74) is 2.31. The quantitative estimate of drug-likeness (QED) is 0.638. The lowest BCUT2D eigenvalue weighted by molar-refractivity contribution is -0.132. The summed E-state index contributed by atoms with van der Waals surface area (Å²) in [6, 6.07) is 18.6. The van der Waals surface area contributed by atoms with Crippen LogP contribution < -0.4 is 0 Å². The molecule has 1 aromatic heterocycles. The summed E-state index contributed by atoms with van der Waals surface area (Å²) in [5.74, 6) is 0.899. The number of fused-ring (bicyclic) bond motifs is 1. The van der Waals surface area contributed by atoms with E-state index >= 15 is 0 Å². The van der Waals surface area contributed by atoms with Crippen LogP contribution in [0.3, 0.4) is 0 Å². The third-order valence-electron chi connectivity index (χ3n) is 5.28. The van der Waals surface area contributed by atoms with E-state index in [1.807, 2.05) is 24.3 Å². The molecule has 0 spiro atoms. The highest BCUT2D eigenvalue weighted by molar-refractivity contribution is 7.18. The Labute approximate surface area is 158 Å². The van der Waals surface area contributed by atoms with Crippen molar-refractivity contribution in [2.45, 2.75) is 38.0 Å². The lowest BCUT2D eigenvalue weighted by Crippen LogP contribution is -2.39. The number of likely N-dealkylation sites (tertiary alicyclic amines) is 1. The smallest absolute Gasteiger partial charge is 0.223 e. The first-order valence-electron chi connectivity index (χ1n) is 9.39. The summed E-state index contributed by atoms with van der Waals surface area (Å²) in [4.78, 5) is 19.7. The first-order valence-corrected chi connectivity index (χ1v) is 10.2. The Morgan fingerprint density at radius 2 is 1.96 bits per heavy atom. The minimum Gasteiger partial charge on any atom is -0.342 e. The average molecular weight is 365 g/mol. The van der Waals surface area contributed by atoms with Crippen LogP contribution in [0.4, 0.5) is 0 Å². The molecule has 0 unspecified atom stereocenters. The van der Waals surface area contributed by atoms with Gasteiger partial charge in [-0.05, 0) is 36.5 Å². The fourth-order valence-electron chi connectivity index (χ4n) is 3.76. The topological polar surface area (TPSA) is 33.2 Å². The van der Waals surface area contributed by atoms with E-state index in [9.17, 15) is 4.79 Å². The fraction of sp³-hybridized carbons (Fsp3) is 0.364. The molecule has 0 bridgehead atoms. The van der Waals surface area contributed by atoms with E-state index in [0.29, 0.717) is 12.3 Å². The number of nitrogens with zero attached hydrogens (tertiary/aromatic N) is 2. The molecule has 1 fully saturated rings. The number of para-hydroxylation sites is 1. The normalized spacial score (nSPS) is 18.8. The molecule has 0 aliphatic carbocycles. The SMILES string of the molecule is C[C@@H](CC(=O)N1CCC[C@@H](c2nc3ccccc3s2)C1)c1ccccc1. The molecule has 0 radical (unpaired) electrons. The van der Waals surface area contributed by atoms with Crippen molar-refractivity contribution in [3.63, 3.8) is 0 Å². The molecule has 1 aliphatic heterocycles. The van der Waals surface area contributed by atoms with Gasteiger partial charge in [0.1, 0.15) is 0 Å². The van der Waals surface area contributed by atoms with E-state index in [4.69, 9.17) is 4.98 Å². The van der Waals surface area contributed by atoms with Gasteiger partial charge in [-0.15, -0.1) is 11.3 Å². The summed E-state index contributed by atoms with van der Waals surface area (Å²) in [6.45, 7) is 3.82. The average Bonchev–Trinajstić information content (AvgIpc) is 3.13. The van der Waals surface area contributed by atoms with Crippen LogP contribution in [0.25, 0.3) is 10.2 Å². The summed E-state index contributed by atoms with van der Waals surface area (Å²) >= 11 is 1.78. The van der Waals surface area contributed by atoms with Crippen LogP contribution in [0.15, 0.2) is 54.6 Å². The second kappa shape index (κ2) is 7.58. The fourth-order valence-corrected chi connectivity index (χ4v) is 4.85. The van der Waals surface area contributed by atoms with E-state index in [0.717, 1.165) is 31.4 Å². The molecule has 0 N–H and O–H groups in total. The zero-order valence-electron chi connectivity index (χ0n) is 15.1. The summed E-state index contributed by atoms with van der Waals surface area (Å²) in [7, 11) is 0. The van der Waals surface area contributed by atoms with Crippen LogP contribution in [0, 0.1) is 0 Å². The lowest BCUT2D eigenvalue weighted by atomic mass is 9.95. The van der Waals surface area contributed by atoms with Crippen molar-refractivity contribution in [3.8, 4) is 0 Å². The second-order valence-electron chi connectivity index (χ2n) is 7.21. The molecule has 2 heterocycles. The summed E-state index contributed by atoms with van der Waals surface area (Å²) in [5, 5.41) is 1.18. The van der Waals surface area contributed by atoms with Crippen molar-refractivity contribution < 1.29 is 4.79 Å². The number of carbonyl (C=O) groups excluding carboxylic acids is 1. The molecule has 3 nitrogen and oxygen atoms in total. The van der Waals surface area contributed by atoms with Gasteiger partial charge in [-0.2, -0.15) is 0 Å². The maximum Gasteiger partial charge on any atom is 0.223 e. The molecule has 4 rings (SSSR count). The zero-order chi connectivity index (χ0) is 17.9. The minimum absolute atomic E-state index is 0.256. The van der Waals surface area contributed by atoms with E-state index in [1.165, 1.54) is 15.3 Å². The van der Waals surface area contributed by atoms with Crippen molar-refractivity contribution in [2.75, 3.05) is 13.1 Å². The standard InChI is InChI=1S/C22H24N2OS/c1-16(17-8-3-2-4-9-17)14-21(25)24-13-7-10-18(15-24)22-23-19-11-5-6-12-20(19)26-22/h2-6,8-9,11-12,16,18H,7,10,13-15H2,1H3/t16-,18+/m0/s1. The summed E-state index contributed by atoms with van der Waals surface area (Å²) in [6.07, 6.45) is 2.76. The zero-order valence-corrected chi connectivity index (χ0v) is 15.9. The largest absolute Gasteiger partial charge is 0.342 e. The molecule has 4 heteroatoms. The molecular weight excluding hydrogens is 340 g/mol. The predicted molar refractivity (Wildman–Crippen MR) is 108 cm³/mol. The van der Waals surface area contributed by atoms with E-state index < -0.39 is 0 Å². The molecule has 2 atom stereocenters. The monoisotopic (exact) mass is 364 g/mol. The summed E-state index contributed by atoms with van der Waals surface area (Å²) < 4.78 is 1.24. The van der Waals surface area contributed by atoms with Crippen LogP contribution >= 0.6 is 11.3 Å². The number of hydrogen-bond acceptors (Lipinski definition) is 3. The Balaban J connectivity index is 1.43. The molecule has 1 aliphatic rings. The Hall–Kier alpha value is -2.20. The van der Waals surface area contributed by atoms with Gasteiger partial charge in [-0.3, -0.25) is 4.79 Å². The molecule has 26 heavy (non-hydrogen) atoms. The van der Waals surface area contributed by atoms with Gasteiger partial charge >= 0.3 is 0 Å². The maximum absolute atomic E-state index is 12.8. The van der Waals surface area contributed by atoms with Gasteiger partial charge in [-0.25, -0.2) is 4.98 Å². The van der Waals surface area contributed by atoms with Crippen LogP contribution in [0.5, 0.6) is 0 Å². The molecule has 2 aromatic carbocycles. The van der Waals surface area contributed by atoms with E-state index in [1.54, 1.807) is 11.3 Å².